The predicted molar refractivity (Wildman–Crippen MR) is 119 cm³/mol. The van der Waals surface area contributed by atoms with E-state index in [4.69, 9.17) is 28.2 Å². The Labute approximate surface area is 181 Å². The van der Waals surface area contributed by atoms with Crippen LogP contribution in [0.3, 0.4) is 0 Å². The van der Waals surface area contributed by atoms with Gasteiger partial charge in [-0.05, 0) is 43.2 Å². The number of fused-ring (bicyclic) bond motifs is 1. The number of hydrogen-bond donors (Lipinski definition) is 0. The monoisotopic (exact) mass is 432 g/mol. The second-order valence-electron chi connectivity index (χ2n) is 7.08. The molecule has 2 heterocycles. The van der Waals surface area contributed by atoms with Gasteiger partial charge in [0.05, 0.1) is 17.1 Å². The molecule has 0 saturated carbocycles. The molecule has 1 aromatic carbocycles. The van der Waals surface area contributed by atoms with Gasteiger partial charge in [0.25, 0.3) is 5.91 Å². The Kier molecular flexibility index (Phi) is 7.51. The summed E-state index contributed by atoms with van der Waals surface area (Å²) in [5, 5.41) is 0.900. The number of amides is 1. The second kappa shape index (κ2) is 10.1. The molecule has 29 heavy (non-hydrogen) atoms. The molecule has 0 atom stereocenters. The number of nitrogens with zero attached hydrogens (tertiary/aromatic N) is 4. The van der Waals surface area contributed by atoms with Gasteiger partial charge < -0.3 is 9.47 Å². The number of hydrogen-bond acceptors (Lipinski definition) is 3. The summed E-state index contributed by atoms with van der Waals surface area (Å²) >= 11 is 12.4. The van der Waals surface area contributed by atoms with Crippen LogP contribution in [0.1, 0.15) is 55.7 Å². The lowest BCUT2D eigenvalue weighted by Crippen LogP contribution is -2.33. The molecule has 0 aliphatic heterocycles. The molecule has 0 saturated heterocycles. The van der Waals surface area contributed by atoms with E-state index in [2.05, 4.69) is 23.4 Å². The molecule has 5 nitrogen and oxygen atoms in total. The molecule has 0 aliphatic carbocycles. The van der Waals surface area contributed by atoms with E-state index < -0.39 is 0 Å². The topological polar surface area (TPSA) is 51.0 Å². The van der Waals surface area contributed by atoms with Crippen LogP contribution in [0.4, 0.5) is 0 Å². The Morgan fingerprint density at radius 2 is 1.97 bits per heavy atom. The van der Waals surface area contributed by atoms with E-state index in [-0.39, 0.29) is 5.91 Å². The predicted octanol–water partition coefficient (Wildman–Crippen LogP) is 5.98. The van der Waals surface area contributed by atoms with Crippen LogP contribution in [0.5, 0.6) is 0 Å². The van der Waals surface area contributed by atoms with Crippen molar-refractivity contribution in [2.24, 2.45) is 0 Å². The highest BCUT2D eigenvalue weighted by atomic mass is 35.5. The number of rotatable bonds is 9. The summed E-state index contributed by atoms with van der Waals surface area (Å²) in [5.41, 5.74) is 2.12. The molecule has 7 heteroatoms. The van der Waals surface area contributed by atoms with E-state index >= 15 is 0 Å². The first-order valence-corrected chi connectivity index (χ1v) is 10.8. The lowest BCUT2D eigenvalue weighted by atomic mass is 10.1. The van der Waals surface area contributed by atoms with E-state index in [1.807, 2.05) is 17.0 Å². The Morgan fingerprint density at radius 3 is 2.72 bits per heavy atom. The van der Waals surface area contributed by atoms with Crippen molar-refractivity contribution in [3.05, 3.63) is 58.0 Å². The van der Waals surface area contributed by atoms with Crippen LogP contribution in [0.25, 0.3) is 11.2 Å². The van der Waals surface area contributed by atoms with E-state index in [9.17, 15) is 4.79 Å². The summed E-state index contributed by atoms with van der Waals surface area (Å²) in [5.74, 6) is 0.709. The fourth-order valence-electron chi connectivity index (χ4n) is 3.39. The Bertz CT molecular complexity index is 986. The zero-order chi connectivity index (χ0) is 20.8. The summed E-state index contributed by atoms with van der Waals surface area (Å²) in [6.07, 6.45) is 5.79. The second-order valence-corrected chi connectivity index (χ2v) is 7.93. The van der Waals surface area contributed by atoms with Gasteiger partial charge in [-0.3, -0.25) is 4.79 Å². The number of benzene rings is 1. The molecule has 3 aromatic rings. The van der Waals surface area contributed by atoms with Crippen molar-refractivity contribution in [1.82, 2.24) is 19.4 Å². The van der Waals surface area contributed by atoms with Crippen molar-refractivity contribution in [3.8, 4) is 0 Å². The summed E-state index contributed by atoms with van der Waals surface area (Å²) in [6, 6.07) is 8.82. The van der Waals surface area contributed by atoms with Gasteiger partial charge in [0, 0.05) is 24.3 Å². The first kappa shape index (κ1) is 21.6. The third-order valence-electron chi connectivity index (χ3n) is 4.84. The zero-order valence-electron chi connectivity index (χ0n) is 16.9. The van der Waals surface area contributed by atoms with Crippen LogP contribution in [-0.4, -0.2) is 31.9 Å². The van der Waals surface area contributed by atoms with Gasteiger partial charge in [0.15, 0.2) is 5.65 Å². The summed E-state index contributed by atoms with van der Waals surface area (Å²) in [4.78, 5) is 24.4. The SMILES string of the molecule is CCCCCN(Cc1nc2cccnc2n1CCC)C(=O)c1cc(Cl)ccc1Cl. The van der Waals surface area contributed by atoms with Gasteiger partial charge in [0.2, 0.25) is 0 Å². The van der Waals surface area contributed by atoms with Gasteiger partial charge in [-0.25, -0.2) is 9.97 Å². The van der Waals surface area contributed by atoms with Crippen LogP contribution in [0.15, 0.2) is 36.5 Å². The summed E-state index contributed by atoms with van der Waals surface area (Å²) < 4.78 is 2.11. The van der Waals surface area contributed by atoms with Crippen molar-refractivity contribution in [2.75, 3.05) is 6.54 Å². The average Bonchev–Trinajstić information content (AvgIpc) is 3.06. The molecule has 0 bridgehead atoms. The summed E-state index contributed by atoms with van der Waals surface area (Å²) in [7, 11) is 0. The van der Waals surface area contributed by atoms with Gasteiger partial charge in [-0.15, -0.1) is 0 Å². The third kappa shape index (κ3) is 5.09. The molecule has 0 N–H and O–H groups in total. The van der Waals surface area contributed by atoms with Crippen LogP contribution in [0, 0.1) is 0 Å². The van der Waals surface area contributed by atoms with E-state index in [1.165, 1.54) is 0 Å². The summed E-state index contributed by atoms with van der Waals surface area (Å²) in [6.45, 7) is 6.11. The smallest absolute Gasteiger partial charge is 0.255 e. The fourth-order valence-corrected chi connectivity index (χ4v) is 3.76. The Balaban J connectivity index is 1.95. The van der Waals surface area contributed by atoms with Gasteiger partial charge in [0.1, 0.15) is 11.3 Å². The van der Waals surface area contributed by atoms with Gasteiger partial charge in [-0.1, -0.05) is 49.9 Å². The molecule has 154 valence electrons. The molecule has 0 aliphatic rings. The first-order chi connectivity index (χ1) is 14.0. The fraction of sp³-hybridized carbons (Fsp3) is 0.409. The number of pyridine rings is 1. The normalized spacial score (nSPS) is 11.2. The number of aryl methyl sites for hydroxylation is 1. The molecule has 0 fully saturated rings. The third-order valence-corrected chi connectivity index (χ3v) is 5.40. The molecular formula is C22H26Cl2N4O. The van der Waals surface area contributed by atoms with Crippen molar-refractivity contribution in [3.63, 3.8) is 0 Å². The van der Waals surface area contributed by atoms with E-state index in [1.54, 1.807) is 24.4 Å². The van der Waals surface area contributed by atoms with Crippen molar-refractivity contribution in [2.45, 2.75) is 52.6 Å². The minimum Gasteiger partial charge on any atom is -0.331 e. The molecule has 0 unspecified atom stereocenters. The van der Waals surface area contributed by atoms with Gasteiger partial charge >= 0.3 is 0 Å². The van der Waals surface area contributed by atoms with Crippen LogP contribution in [0.2, 0.25) is 10.0 Å². The van der Waals surface area contributed by atoms with Crippen molar-refractivity contribution in [1.29, 1.82) is 0 Å². The largest absolute Gasteiger partial charge is 0.331 e. The molecule has 0 radical (unpaired) electrons. The number of carbonyl (C=O) groups excluding carboxylic acids is 1. The highest BCUT2D eigenvalue weighted by Gasteiger charge is 2.22. The molecule has 1 amide bonds. The van der Waals surface area contributed by atoms with Crippen LogP contribution in [-0.2, 0) is 13.1 Å². The highest BCUT2D eigenvalue weighted by Crippen LogP contribution is 2.24. The van der Waals surface area contributed by atoms with Crippen molar-refractivity contribution < 1.29 is 4.79 Å². The quantitative estimate of drug-likeness (QED) is 0.390. The minimum absolute atomic E-state index is 0.128. The maximum Gasteiger partial charge on any atom is 0.255 e. The highest BCUT2D eigenvalue weighted by molar-refractivity contribution is 6.35. The molecular weight excluding hydrogens is 407 g/mol. The molecule has 0 spiro atoms. The first-order valence-electron chi connectivity index (χ1n) is 10.1. The van der Waals surface area contributed by atoms with Crippen LogP contribution >= 0.6 is 23.2 Å². The number of imidazole rings is 1. The lowest BCUT2D eigenvalue weighted by Gasteiger charge is -2.23. The number of halogens is 2. The van der Waals surface area contributed by atoms with E-state index in [0.29, 0.717) is 28.7 Å². The Hall–Kier alpha value is -2.11. The number of aromatic nitrogens is 3. The lowest BCUT2D eigenvalue weighted by molar-refractivity contribution is 0.0734. The van der Waals surface area contributed by atoms with Crippen LogP contribution < -0.4 is 0 Å². The number of carbonyl (C=O) groups is 1. The molecule has 2 aromatic heterocycles. The maximum atomic E-state index is 13.3. The minimum atomic E-state index is -0.128. The van der Waals surface area contributed by atoms with Gasteiger partial charge in [-0.2, -0.15) is 0 Å². The van der Waals surface area contributed by atoms with E-state index in [0.717, 1.165) is 49.2 Å². The average molecular weight is 433 g/mol. The van der Waals surface area contributed by atoms with Crippen molar-refractivity contribution >= 4 is 40.3 Å². The maximum absolute atomic E-state index is 13.3. The molecule has 3 rings (SSSR count). The Morgan fingerprint density at radius 1 is 1.14 bits per heavy atom. The zero-order valence-corrected chi connectivity index (χ0v) is 18.4. The standard InChI is InChI=1S/C22H26Cl2N4O/c1-3-5-6-13-27(22(29)17-14-16(23)9-10-18(17)24)15-20-26-19-8-7-11-25-21(19)28(20)12-4-2/h7-11,14H,3-6,12-13,15H2,1-2H3. The number of unbranched alkanes of at least 4 members (excludes halogenated alkanes) is 2.